The zero-order valence-corrected chi connectivity index (χ0v) is 46.2. The van der Waals surface area contributed by atoms with Crippen molar-refractivity contribution in [2.75, 3.05) is 14.7 Å². The average molecular weight is 982 g/mol. The summed E-state index contributed by atoms with van der Waals surface area (Å²) in [4.78, 5) is 7.98. The van der Waals surface area contributed by atoms with Crippen LogP contribution in [0.25, 0.3) is 0 Å². The van der Waals surface area contributed by atoms with Crippen molar-refractivity contribution in [3.8, 4) is 0 Å². The summed E-state index contributed by atoms with van der Waals surface area (Å²) in [6, 6.07) is 59.6. The second-order valence-corrected chi connectivity index (χ2v) is 28.1. The summed E-state index contributed by atoms with van der Waals surface area (Å²) in [6.45, 7) is 22.5. The lowest BCUT2D eigenvalue weighted by molar-refractivity contribution is -0.221. The largest absolute Gasteiger partial charge is 0.311 e. The Kier molecular flexibility index (Phi) is 9.62. The highest BCUT2D eigenvalue weighted by molar-refractivity contribution is 7.00. The molecule has 9 aliphatic rings. The van der Waals surface area contributed by atoms with Crippen LogP contribution >= 0.6 is 0 Å². The predicted octanol–water partition coefficient (Wildman–Crippen LogP) is 17.0. The molecule has 378 valence electrons. The van der Waals surface area contributed by atoms with E-state index < -0.39 is 0 Å². The number of fused-ring (bicyclic) bond motifs is 6. The molecule has 2 aliphatic heterocycles. The summed E-state index contributed by atoms with van der Waals surface area (Å²) in [6.07, 6.45) is 13.5. The number of anilines is 9. The Balaban J connectivity index is 1.03. The molecule has 4 heteroatoms. The molecular formula is C71H76BN3. The van der Waals surface area contributed by atoms with Gasteiger partial charge in [-0.3, -0.25) is 0 Å². The van der Waals surface area contributed by atoms with E-state index in [0.717, 1.165) is 47.9 Å². The van der Waals surface area contributed by atoms with Gasteiger partial charge in [-0.1, -0.05) is 142 Å². The first-order valence-electron chi connectivity index (χ1n) is 29.2. The lowest BCUT2D eigenvalue weighted by Gasteiger charge is -2.74. The molecule has 0 N–H and O–H groups in total. The van der Waals surface area contributed by atoms with Crippen molar-refractivity contribution in [1.82, 2.24) is 0 Å². The van der Waals surface area contributed by atoms with Crippen LogP contribution in [0, 0.1) is 29.1 Å². The maximum atomic E-state index is 2.81. The number of hydrogen-bond acceptors (Lipinski definition) is 3. The van der Waals surface area contributed by atoms with Crippen LogP contribution in [0.5, 0.6) is 0 Å². The smallest absolute Gasteiger partial charge is 0.252 e. The zero-order chi connectivity index (χ0) is 51.2. The van der Waals surface area contributed by atoms with Gasteiger partial charge in [-0.05, 0) is 237 Å². The van der Waals surface area contributed by atoms with Gasteiger partial charge in [-0.2, -0.15) is 0 Å². The molecule has 7 aromatic rings. The fourth-order valence-electron chi connectivity index (χ4n) is 19.3. The maximum absolute atomic E-state index is 2.81. The lowest BCUT2D eigenvalue weighted by Crippen LogP contribution is -2.66. The van der Waals surface area contributed by atoms with E-state index in [-0.39, 0.29) is 33.8 Å². The first-order chi connectivity index (χ1) is 36.0. The van der Waals surface area contributed by atoms with Gasteiger partial charge in [0.05, 0.1) is 0 Å². The third-order valence-electron chi connectivity index (χ3n) is 21.9. The Bertz CT molecular complexity index is 3430. The molecule has 16 rings (SSSR count). The summed E-state index contributed by atoms with van der Waals surface area (Å²) in [7, 11) is 0. The maximum Gasteiger partial charge on any atom is 0.252 e. The molecule has 6 atom stereocenters. The molecule has 5 saturated carbocycles. The quantitative estimate of drug-likeness (QED) is 0.147. The van der Waals surface area contributed by atoms with Crippen molar-refractivity contribution in [1.29, 1.82) is 0 Å². The summed E-state index contributed by atoms with van der Waals surface area (Å²) in [5, 5.41) is 0. The third kappa shape index (κ3) is 6.47. The van der Waals surface area contributed by atoms with Crippen molar-refractivity contribution in [3.63, 3.8) is 0 Å². The van der Waals surface area contributed by atoms with Crippen LogP contribution in [0.1, 0.15) is 154 Å². The third-order valence-corrected chi connectivity index (χ3v) is 21.9. The second-order valence-electron chi connectivity index (χ2n) is 28.1. The van der Waals surface area contributed by atoms with E-state index in [9.17, 15) is 0 Å². The molecule has 0 amide bonds. The number of nitrogens with zero attached hydrogens (tertiary/aromatic N) is 3. The first kappa shape index (κ1) is 46.3. The zero-order valence-electron chi connectivity index (χ0n) is 46.2. The topological polar surface area (TPSA) is 9.72 Å². The van der Waals surface area contributed by atoms with Crippen molar-refractivity contribution >= 4 is 74.3 Å². The second kappa shape index (κ2) is 15.6. The molecule has 75 heavy (non-hydrogen) atoms. The van der Waals surface area contributed by atoms with E-state index in [1.165, 1.54) is 130 Å². The van der Waals surface area contributed by atoms with Gasteiger partial charge in [-0.25, -0.2) is 0 Å². The van der Waals surface area contributed by atoms with Crippen LogP contribution in [0.2, 0.25) is 0 Å². The van der Waals surface area contributed by atoms with Crippen molar-refractivity contribution in [2.45, 2.75) is 154 Å². The summed E-state index contributed by atoms with van der Waals surface area (Å²) >= 11 is 0. The molecule has 3 bridgehead atoms. The minimum Gasteiger partial charge on any atom is -0.311 e. The summed E-state index contributed by atoms with van der Waals surface area (Å²) in [5.74, 6) is 3.59. The summed E-state index contributed by atoms with van der Waals surface area (Å²) < 4.78 is 0. The summed E-state index contributed by atoms with van der Waals surface area (Å²) in [5.41, 5.74) is 24.4. The van der Waals surface area contributed by atoms with Crippen LogP contribution in [-0.2, 0) is 27.1 Å². The molecule has 7 aliphatic carbocycles. The van der Waals surface area contributed by atoms with E-state index >= 15 is 0 Å². The Hall–Kier alpha value is -6.00. The normalized spacial score (nSPS) is 27.8. The average Bonchev–Trinajstić information content (AvgIpc) is 3.77. The molecule has 5 fully saturated rings. The Morgan fingerprint density at radius 3 is 1.75 bits per heavy atom. The van der Waals surface area contributed by atoms with Crippen molar-refractivity contribution in [2.24, 2.45) is 29.1 Å². The molecule has 7 aromatic carbocycles. The minimum absolute atomic E-state index is 0.0381. The van der Waals surface area contributed by atoms with E-state index in [2.05, 4.69) is 229 Å². The molecule has 2 heterocycles. The molecule has 0 saturated heterocycles. The molecule has 0 radical (unpaired) electrons. The molecule has 5 unspecified atom stereocenters. The number of hydrogen-bond donors (Lipinski definition) is 0. The van der Waals surface area contributed by atoms with Crippen LogP contribution in [-0.4, -0.2) is 6.71 Å². The van der Waals surface area contributed by atoms with Gasteiger partial charge in [0.25, 0.3) is 6.71 Å². The highest BCUT2D eigenvalue weighted by Gasteiger charge is 2.69. The van der Waals surface area contributed by atoms with Gasteiger partial charge in [0, 0.05) is 51.2 Å². The molecule has 0 aromatic heterocycles. The van der Waals surface area contributed by atoms with Gasteiger partial charge >= 0.3 is 0 Å². The highest BCUT2D eigenvalue weighted by atomic mass is 15.2. The van der Waals surface area contributed by atoms with E-state index in [0.29, 0.717) is 5.41 Å². The van der Waals surface area contributed by atoms with Crippen molar-refractivity contribution in [3.05, 3.63) is 179 Å². The fraction of sp³-hybridized carbons (Fsp3) is 0.408. The Morgan fingerprint density at radius 2 is 1.09 bits per heavy atom. The van der Waals surface area contributed by atoms with Gasteiger partial charge in [0.15, 0.2) is 0 Å². The van der Waals surface area contributed by atoms with Gasteiger partial charge in [-0.15, -0.1) is 0 Å². The molecular weight excluding hydrogens is 906 g/mol. The Labute approximate surface area is 448 Å². The van der Waals surface area contributed by atoms with E-state index in [1.54, 1.807) is 5.56 Å². The van der Waals surface area contributed by atoms with Gasteiger partial charge in [0.2, 0.25) is 0 Å². The number of benzene rings is 7. The van der Waals surface area contributed by atoms with Crippen LogP contribution < -0.4 is 31.1 Å². The number of rotatable bonds is 7. The van der Waals surface area contributed by atoms with Crippen molar-refractivity contribution < 1.29 is 0 Å². The SMILES string of the molecule is CCC1CC2CCC3(c4cc5c6c(c4)N(c4ccc7c(c4)C(C)(C)CC7(C)C)c4cc7c(cc4B6c4ccc(N(c6ccccc6)c6ccccc6)cc4N5c4ccccc4)C(C)(C)CC7(C)C)CC4CC2(C3)[C@H]4C1. The lowest BCUT2D eigenvalue weighted by atomic mass is 9.30. The fourth-order valence-corrected chi connectivity index (χ4v) is 19.3. The molecule has 1 spiro atoms. The van der Waals surface area contributed by atoms with Crippen LogP contribution in [0.15, 0.2) is 152 Å². The standard InChI is InChI=1S/C71H76BN3/c1-10-45-32-47-30-31-70(40-46-41-71(47,44-70)55(46)33-45)48-34-63-65-64(35-48)75(52-26-28-54-56(36-52)67(4,5)42-66(54,2)3)62-39-58-57(68(6,7)43-69(58,8)9)38-60(62)72(65)59-29-27-53(37-61(59)74(63)51-24-18-13-19-25-51)73(49-20-14-11-15-21-49)50-22-16-12-17-23-50/h11-29,34-39,45-47,55H,10,30-33,40-44H2,1-9H3/t45?,46?,47?,55-,70?,71?/m0/s1. The monoisotopic (exact) mass is 982 g/mol. The van der Waals surface area contributed by atoms with Crippen LogP contribution in [0.4, 0.5) is 51.2 Å². The highest BCUT2D eigenvalue weighted by Crippen LogP contribution is 2.77. The van der Waals surface area contributed by atoms with E-state index in [1.807, 2.05) is 0 Å². The predicted molar refractivity (Wildman–Crippen MR) is 317 cm³/mol. The van der Waals surface area contributed by atoms with E-state index in [4.69, 9.17) is 0 Å². The van der Waals surface area contributed by atoms with Crippen LogP contribution in [0.3, 0.4) is 0 Å². The first-order valence-corrected chi connectivity index (χ1v) is 29.2. The Morgan fingerprint density at radius 1 is 0.507 bits per heavy atom. The number of para-hydroxylation sites is 3. The minimum atomic E-state index is 0.0381. The van der Waals surface area contributed by atoms with Gasteiger partial charge in [0.1, 0.15) is 0 Å². The molecule has 3 nitrogen and oxygen atoms in total. The van der Waals surface area contributed by atoms with Gasteiger partial charge < -0.3 is 14.7 Å².